The number of aromatic nitrogens is 2. The fourth-order valence-electron chi connectivity index (χ4n) is 4.74. The number of carbonyl (C=O) groups is 1. The molecule has 0 spiro atoms. The number of amides is 1. The maximum Gasteiger partial charge on any atom is 0.256 e. The molecule has 1 aliphatic heterocycles. The molecule has 214 valence electrons. The van der Waals surface area contributed by atoms with Crippen LogP contribution in [-0.2, 0) is 22.1 Å². The second-order valence-corrected chi connectivity index (χ2v) is 12.1. The van der Waals surface area contributed by atoms with E-state index in [0.29, 0.717) is 36.1 Å². The summed E-state index contributed by atoms with van der Waals surface area (Å²) in [7, 11) is -0.428. The molecule has 0 saturated heterocycles. The first-order valence-electron chi connectivity index (χ1n) is 12.5. The molecule has 0 saturated carbocycles. The van der Waals surface area contributed by atoms with Crippen LogP contribution in [0.25, 0.3) is 0 Å². The Morgan fingerprint density at radius 2 is 1.82 bits per heavy atom. The Balaban J connectivity index is 1.59. The number of halogens is 2. The highest BCUT2D eigenvalue weighted by atomic mass is 32.2. The van der Waals surface area contributed by atoms with E-state index in [-0.39, 0.29) is 23.6 Å². The van der Waals surface area contributed by atoms with Gasteiger partial charge in [-0.25, -0.2) is 17.2 Å². The minimum absolute atomic E-state index is 0.0991. The van der Waals surface area contributed by atoms with E-state index >= 15 is 0 Å². The average Bonchev–Trinajstić information content (AvgIpc) is 3.41. The summed E-state index contributed by atoms with van der Waals surface area (Å²) < 4.78 is 55.4. The minimum Gasteiger partial charge on any atom is -0.369 e. The smallest absolute Gasteiger partial charge is 0.256 e. The predicted octanol–water partition coefficient (Wildman–Crippen LogP) is 4.17. The molecule has 0 unspecified atom stereocenters. The summed E-state index contributed by atoms with van der Waals surface area (Å²) in [6.07, 6.45) is 0. The fourth-order valence-corrected chi connectivity index (χ4v) is 6.51. The van der Waals surface area contributed by atoms with Gasteiger partial charge >= 0.3 is 0 Å². The molecule has 0 radical (unpaired) electrons. The molecule has 1 aromatic heterocycles. The summed E-state index contributed by atoms with van der Waals surface area (Å²) in [5.74, 6) is -2.51. The number of anilines is 2. The van der Waals surface area contributed by atoms with Crippen molar-refractivity contribution in [2.24, 2.45) is 5.18 Å². The standard InChI is InChI=1S/C26H31F2N7O4S/c1-6-34(10-9-33(4)5)22-8-7-16(11-21(22)32-37)25(36)29-24-20-15-35(26(2,3)23(20)30-31-24)40(38,39)19-13-17(27)12-18(28)14-19/h7-8,11-14H,6,9-10,15H2,1-5H3,(H2,29,30,31,36). The van der Waals surface area contributed by atoms with Crippen molar-refractivity contribution in [3.63, 3.8) is 0 Å². The van der Waals surface area contributed by atoms with Gasteiger partial charge in [-0.05, 0) is 70.4 Å². The van der Waals surface area contributed by atoms with Gasteiger partial charge in [-0.3, -0.25) is 9.89 Å². The second kappa shape index (κ2) is 11.0. The Morgan fingerprint density at radius 3 is 2.42 bits per heavy atom. The number of H-pyrrole nitrogens is 1. The first-order chi connectivity index (χ1) is 18.8. The zero-order chi connectivity index (χ0) is 29.4. The van der Waals surface area contributed by atoms with Crippen LogP contribution in [0.4, 0.5) is 26.0 Å². The van der Waals surface area contributed by atoms with Crippen LogP contribution in [0, 0.1) is 16.5 Å². The molecule has 2 N–H and O–H groups in total. The molecule has 3 aromatic rings. The number of sulfonamides is 1. The van der Waals surface area contributed by atoms with Crippen LogP contribution in [-0.4, -0.2) is 67.5 Å². The van der Waals surface area contributed by atoms with Gasteiger partial charge in [0.25, 0.3) is 5.91 Å². The van der Waals surface area contributed by atoms with Crippen LogP contribution < -0.4 is 10.2 Å². The summed E-state index contributed by atoms with van der Waals surface area (Å²) in [6, 6.07) is 6.73. The molecule has 0 atom stereocenters. The van der Waals surface area contributed by atoms with E-state index < -0.39 is 38.0 Å². The van der Waals surface area contributed by atoms with Gasteiger partial charge in [0, 0.05) is 43.4 Å². The van der Waals surface area contributed by atoms with Crippen molar-refractivity contribution in [1.82, 2.24) is 19.4 Å². The molecule has 0 fully saturated rings. The summed E-state index contributed by atoms with van der Waals surface area (Å²) in [4.78, 5) is 28.3. The zero-order valence-electron chi connectivity index (χ0n) is 22.8. The van der Waals surface area contributed by atoms with E-state index in [1.165, 1.54) is 6.07 Å². The number of nitroso groups, excluding NO2 is 1. The molecular formula is C26H31F2N7O4S. The van der Waals surface area contributed by atoms with Crippen LogP contribution >= 0.6 is 0 Å². The van der Waals surface area contributed by atoms with Crippen molar-refractivity contribution in [3.05, 3.63) is 69.8 Å². The molecule has 2 aromatic carbocycles. The van der Waals surface area contributed by atoms with Gasteiger partial charge in [0.15, 0.2) is 5.82 Å². The van der Waals surface area contributed by atoms with Gasteiger partial charge in [0.1, 0.15) is 17.3 Å². The number of hydrogen-bond donors (Lipinski definition) is 2. The highest BCUT2D eigenvalue weighted by Gasteiger charge is 2.48. The van der Waals surface area contributed by atoms with Gasteiger partial charge in [-0.15, -0.1) is 4.91 Å². The fraction of sp³-hybridized carbons (Fsp3) is 0.385. The first kappa shape index (κ1) is 29.2. The number of carbonyl (C=O) groups excluding carboxylic acids is 1. The van der Waals surface area contributed by atoms with Crippen molar-refractivity contribution in [2.75, 3.05) is 43.9 Å². The lowest BCUT2D eigenvalue weighted by Gasteiger charge is -2.30. The SMILES string of the molecule is CCN(CCN(C)C)c1ccc(C(=O)Nc2n[nH]c3c2CN(S(=O)(=O)c2cc(F)cc(F)c2)C3(C)C)cc1N=O. The molecule has 1 aliphatic rings. The Labute approximate surface area is 231 Å². The number of rotatable bonds is 10. The van der Waals surface area contributed by atoms with Gasteiger partial charge in [0.05, 0.1) is 21.8 Å². The van der Waals surface area contributed by atoms with E-state index in [1.807, 2.05) is 30.8 Å². The third kappa shape index (κ3) is 5.46. The number of nitrogens with one attached hydrogen (secondary N) is 2. The van der Waals surface area contributed by atoms with E-state index in [9.17, 15) is 26.9 Å². The normalized spacial score (nSPS) is 14.8. The minimum atomic E-state index is -4.32. The van der Waals surface area contributed by atoms with Crippen molar-refractivity contribution in [2.45, 2.75) is 37.8 Å². The number of nitrogens with zero attached hydrogens (tertiary/aromatic N) is 5. The maximum absolute atomic E-state index is 13.8. The van der Waals surface area contributed by atoms with Crippen molar-refractivity contribution in [1.29, 1.82) is 0 Å². The van der Waals surface area contributed by atoms with Gasteiger partial charge < -0.3 is 15.1 Å². The summed E-state index contributed by atoms with van der Waals surface area (Å²) >= 11 is 0. The average molecular weight is 576 g/mol. The van der Waals surface area contributed by atoms with E-state index in [1.54, 1.807) is 26.0 Å². The van der Waals surface area contributed by atoms with Gasteiger partial charge in [0.2, 0.25) is 10.0 Å². The largest absolute Gasteiger partial charge is 0.369 e. The molecule has 0 bridgehead atoms. The van der Waals surface area contributed by atoms with Crippen LogP contribution in [0.15, 0.2) is 46.5 Å². The molecular weight excluding hydrogens is 544 g/mol. The van der Waals surface area contributed by atoms with Crippen LogP contribution in [0.5, 0.6) is 0 Å². The molecule has 0 aliphatic carbocycles. The summed E-state index contributed by atoms with van der Waals surface area (Å²) in [5.41, 5.74) is 0.544. The molecule has 11 nitrogen and oxygen atoms in total. The van der Waals surface area contributed by atoms with E-state index in [4.69, 9.17) is 0 Å². The quantitative estimate of drug-likeness (QED) is 0.347. The van der Waals surface area contributed by atoms with Crippen LogP contribution in [0.2, 0.25) is 0 Å². The Kier molecular flexibility index (Phi) is 8.06. The topological polar surface area (TPSA) is 131 Å². The highest BCUT2D eigenvalue weighted by molar-refractivity contribution is 7.89. The lowest BCUT2D eigenvalue weighted by atomic mass is 10.0. The van der Waals surface area contributed by atoms with Gasteiger partial charge in [-0.1, -0.05) is 0 Å². The van der Waals surface area contributed by atoms with Crippen LogP contribution in [0.3, 0.4) is 0 Å². The lowest BCUT2D eigenvalue weighted by Crippen LogP contribution is -2.40. The zero-order valence-corrected chi connectivity index (χ0v) is 23.6. The third-order valence-electron chi connectivity index (χ3n) is 6.94. The second-order valence-electron chi connectivity index (χ2n) is 10.2. The third-order valence-corrected chi connectivity index (χ3v) is 8.93. The molecule has 40 heavy (non-hydrogen) atoms. The van der Waals surface area contributed by atoms with E-state index in [0.717, 1.165) is 23.0 Å². The van der Waals surface area contributed by atoms with Crippen LogP contribution in [0.1, 0.15) is 42.4 Å². The molecule has 1 amide bonds. The monoisotopic (exact) mass is 575 g/mol. The summed E-state index contributed by atoms with van der Waals surface area (Å²) in [6.45, 7) is 7.05. The number of likely N-dealkylation sites (N-methyl/N-ethyl adjacent to an activating group) is 2. The van der Waals surface area contributed by atoms with Crippen molar-refractivity contribution in [3.8, 4) is 0 Å². The van der Waals surface area contributed by atoms with Crippen molar-refractivity contribution >= 4 is 33.1 Å². The van der Waals surface area contributed by atoms with E-state index in [2.05, 4.69) is 20.7 Å². The molecule has 14 heteroatoms. The molecule has 2 heterocycles. The highest BCUT2D eigenvalue weighted by Crippen LogP contribution is 2.44. The Morgan fingerprint density at radius 1 is 1.15 bits per heavy atom. The number of fused-ring (bicyclic) bond motifs is 1. The Bertz CT molecular complexity index is 1540. The van der Waals surface area contributed by atoms with Gasteiger partial charge in [-0.2, -0.15) is 9.40 Å². The Hall–Kier alpha value is -3.75. The number of benzene rings is 2. The predicted molar refractivity (Wildman–Crippen MR) is 147 cm³/mol. The van der Waals surface area contributed by atoms with Crippen molar-refractivity contribution < 1.29 is 22.0 Å². The lowest BCUT2D eigenvalue weighted by molar-refractivity contribution is 0.102. The maximum atomic E-state index is 13.8. The number of aromatic amines is 1. The molecule has 4 rings (SSSR count). The summed E-state index contributed by atoms with van der Waals surface area (Å²) in [5, 5.41) is 12.8. The number of hydrogen-bond acceptors (Lipinski definition) is 8. The first-order valence-corrected chi connectivity index (χ1v) is 14.0.